The second-order valence-electron chi connectivity index (χ2n) is 9.73. The highest BCUT2D eigenvalue weighted by atomic mass is 15.0. The molecule has 0 bridgehead atoms. The maximum Gasteiger partial charge on any atom is 0.0788 e. The maximum absolute atomic E-state index is 4.49. The van der Waals surface area contributed by atoms with Crippen LogP contribution in [-0.4, -0.2) is 14.1 Å². The predicted molar refractivity (Wildman–Crippen MR) is 158 cm³/mol. The van der Waals surface area contributed by atoms with E-state index in [9.17, 15) is 0 Å². The van der Waals surface area contributed by atoms with E-state index >= 15 is 0 Å². The van der Waals surface area contributed by atoms with Crippen molar-refractivity contribution in [3.05, 3.63) is 140 Å². The molecule has 0 N–H and O–H groups in total. The van der Waals surface area contributed by atoms with E-state index in [1.165, 1.54) is 38.1 Å². The van der Waals surface area contributed by atoms with Crippen molar-refractivity contribution in [2.24, 2.45) is 0 Å². The van der Waals surface area contributed by atoms with Crippen LogP contribution in [0.4, 0.5) is 0 Å². The topological polar surface area (TPSA) is 22.8 Å². The van der Waals surface area contributed by atoms with Crippen molar-refractivity contribution in [3.63, 3.8) is 0 Å². The maximum atomic E-state index is 4.49. The zero-order chi connectivity index (χ0) is 25.1. The average Bonchev–Trinajstić information content (AvgIpc) is 3.57. The zero-order valence-corrected chi connectivity index (χ0v) is 20.6. The summed E-state index contributed by atoms with van der Waals surface area (Å²) in [6.07, 6.45) is 6.08. The standard InChI is InChI=1S/C35H23N3/c1-2-9-28(10-3-1)38-33-13-7-6-12-30(33)31-19-16-25-20-21-37(34(25)35(31)38)27-17-14-24(15-18-27)32-23-36-22-26-8-4-5-11-29(26)32/h1-23H. The van der Waals surface area contributed by atoms with E-state index in [0.717, 1.165) is 27.9 Å². The fourth-order valence-electron chi connectivity index (χ4n) is 5.88. The van der Waals surface area contributed by atoms with E-state index in [1.54, 1.807) is 0 Å². The fourth-order valence-corrected chi connectivity index (χ4v) is 5.88. The van der Waals surface area contributed by atoms with Crippen LogP contribution in [0.15, 0.2) is 140 Å². The van der Waals surface area contributed by atoms with E-state index < -0.39 is 0 Å². The first-order valence-corrected chi connectivity index (χ1v) is 12.9. The molecule has 3 heterocycles. The highest BCUT2D eigenvalue weighted by Crippen LogP contribution is 2.38. The van der Waals surface area contributed by atoms with Crippen molar-refractivity contribution in [2.75, 3.05) is 0 Å². The SMILES string of the molecule is c1ccc(-n2c3ccccc3c3ccc4ccn(-c5ccc(-c6cncc7ccccc67)cc5)c4c32)cc1. The summed E-state index contributed by atoms with van der Waals surface area (Å²) in [6.45, 7) is 0. The Hall–Kier alpha value is -5.15. The van der Waals surface area contributed by atoms with Gasteiger partial charge in [-0.2, -0.15) is 0 Å². The summed E-state index contributed by atoms with van der Waals surface area (Å²) in [6, 6.07) is 43.3. The molecule has 0 radical (unpaired) electrons. The summed E-state index contributed by atoms with van der Waals surface area (Å²) >= 11 is 0. The molecule has 0 saturated carbocycles. The first-order chi connectivity index (χ1) is 18.9. The third kappa shape index (κ3) is 3.06. The Bertz CT molecular complexity index is 2110. The highest BCUT2D eigenvalue weighted by molar-refractivity contribution is 6.18. The monoisotopic (exact) mass is 485 g/mol. The zero-order valence-electron chi connectivity index (χ0n) is 20.6. The summed E-state index contributed by atoms with van der Waals surface area (Å²) in [7, 11) is 0. The third-order valence-corrected chi connectivity index (χ3v) is 7.62. The lowest BCUT2D eigenvalue weighted by Crippen LogP contribution is -1.97. The van der Waals surface area contributed by atoms with Gasteiger partial charge in [0, 0.05) is 57.1 Å². The first-order valence-electron chi connectivity index (χ1n) is 12.9. The Kier molecular flexibility index (Phi) is 4.52. The van der Waals surface area contributed by atoms with Gasteiger partial charge in [-0.15, -0.1) is 0 Å². The van der Waals surface area contributed by atoms with Crippen molar-refractivity contribution in [1.82, 2.24) is 14.1 Å². The van der Waals surface area contributed by atoms with Crippen LogP contribution in [0.5, 0.6) is 0 Å². The molecule has 3 aromatic heterocycles. The molecule has 8 rings (SSSR count). The van der Waals surface area contributed by atoms with Gasteiger partial charge in [-0.25, -0.2) is 0 Å². The summed E-state index contributed by atoms with van der Waals surface area (Å²) < 4.78 is 4.72. The Morgan fingerprint density at radius 2 is 1.24 bits per heavy atom. The molecule has 178 valence electrons. The molecular weight excluding hydrogens is 462 g/mol. The minimum atomic E-state index is 1.13. The lowest BCUT2D eigenvalue weighted by molar-refractivity contribution is 1.12. The van der Waals surface area contributed by atoms with Crippen molar-refractivity contribution < 1.29 is 0 Å². The molecule has 0 aliphatic heterocycles. The Morgan fingerprint density at radius 3 is 2.11 bits per heavy atom. The minimum absolute atomic E-state index is 1.13. The molecule has 0 atom stereocenters. The summed E-state index contributed by atoms with van der Waals surface area (Å²) in [4.78, 5) is 4.49. The molecule has 3 nitrogen and oxygen atoms in total. The normalized spacial score (nSPS) is 11.7. The Morgan fingerprint density at radius 1 is 0.474 bits per heavy atom. The van der Waals surface area contributed by atoms with Crippen LogP contribution in [-0.2, 0) is 0 Å². The first kappa shape index (κ1) is 21.0. The van der Waals surface area contributed by atoms with Crippen molar-refractivity contribution in [1.29, 1.82) is 0 Å². The number of para-hydroxylation sites is 2. The van der Waals surface area contributed by atoms with Crippen LogP contribution in [0.2, 0.25) is 0 Å². The van der Waals surface area contributed by atoms with Gasteiger partial charge in [0.15, 0.2) is 0 Å². The van der Waals surface area contributed by atoms with Gasteiger partial charge in [0.05, 0.1) is 16.6 Å². The molecule has 0 spiro atoms. The fraction of sp³-hybridized carbons (Fsp3) is 0. The van der Waals surface area contributed by atoms with Crippen molar-refractivity contribution in [2.45, 2.75) is 0 Å². The number of hydrogen-bond acceptors (Lipinski definition) is 1. The Labute approximate surface area is 219 Å². The van der Waals surface area contributed by atoms with Crippen LogP contribution in [0, 0.1) is 0 Å². The second kappa shape index (κ2) is 8.19. The molecule has 0 aliphatic rings. The molecule has 38 heavy (non-hydrogen) atoms. The van der Waals surface area contributed by atoms with Crippen LogP contribution in [0.25, 0.3) is 66.0 Å². The number of rotatable bonds is 3. The predicted octanol–water partition coefficient (Wildman–Crippen LogP) is 8.94. The van der Waals surface area contributed by atoms with Crippen molar-refractivity contribution >= 4 is 43.5 Å². The van der Waals surface area contributed by atoms with Gasteiger partial charge in [0.25, 0.3) is 0 Å². The van der Waals surface area contributed by atoms with Gasteiger partial charge in [-0.1, -0.05) is 84.9 Å². The smallest absolute Gasteiger partial charge is 0.0788 e. The van der Waals surface area contributed by atoms with E-state index in [0.29, 0.717) is 0 Å². The van der Waals surface area contributed by atoms with Crippen LogP contribution < -0.4 is 0 Å². The molecule has 0 amide bonds. The number of pyridine rings is 1. The number of nitrogens with zero attached hydrogens (tertiary/aromatic N) is 3. The number of fused-ring (bicyclic) bond motifs is 6. The van der Waals surface area contributed by atoms with Gasteiger partial charge < -0.3 is 9.13 Å². The van der Waals surface area contributed by atoms with E-state index in [2.05, 4.69) is 142 Å². The molecule has 5 aromatic carbocycles. The van der Waals surface area contributed by atoms with Gasteiger partial charge >= 0.3 is 0 Å². The highest BCUT2D eigenvalue weighted by Gasteiger charge is 2.17. The third-order valence-electron chi connectivity index (χ3n) is 7.62. The van der Waals surface area contributed by atoms with Crippen molar-refractivity contribution in [3.8, 4) is 22.5 Å². The lowest BCUT2D eigenvalue weighted by Gasteiger charge is -2.12. The molecule has 0 fully saturated rings. The summed E-state index contributed by atoms with van der Waals surface area (Å²) in [5, 5.41) is 6.12. The number of benzene rings is 5. The van der Waals surface area contributed by atoms with Gasteiger partial charge in [-0.3, -0.25) is 4.98 Å². The van der Waals surface area contributed by atoms with Crippen LogP contribution in [0.1, 0.15) is 0 Å². The average molecular weight is 486 g/mol. The molecule has 0 aliphatic carbocycles. The van der Waals surface area contributed by atoms with E-state index in [-0.39, 0.29) is 0 Å². The van der Waals surface area contributed by atoms with Crippen LogP contribution >= 0.6 is 0 Å². The quantitative estimate of drug-likeness (QED) is 0.245. The second-order valence-corrected chi connectivity index (χ2v) is 9.73. The molecule has 8 aromatic rings. The molecule has 0 unspecified atom stereocenters. The van der Waals surface area contributed by atoms with Crippen LogP contribution in [0.3, 0.4) is 0 Å². The Balaban J connectivity index is 1.37. The molecule has 0 saturated heterocycles. The molecular formula is C35H23N3. The molecule has 3 heteroatoms. The van der Waals surface area contributed by atoms with E-state index in [1.807, 2.05) is 12.4 Å². The largest absolute Gasteiger partial charge is 0.315 e. The summed E-state index contributed by atoms with van der Waals surface area (Å²) in [5.41, 5.74) is 8.26. The minimum Gasteiger partial charge on any atom is -0.315 e. The summed E-state index contributed by atoms with van der Waals surface area (Å²) in [5.74, 6) is 0. The number of aromatic nitrogens is 3. The van der Waals surface area contributed by atoms with Gasteiger partial charge in [0.2, 0.25) is 0 Å². The van der Waals surface area contributed by atoms with E-state index in [4.69, 9.17) is 0 Å². The number of hydrogen-bond donors (Lipinski definition) is 0. The van der Waals surface area contributed by atoms with Gasteiger partial charge in [-0.05, 0) is 47.3 Å². The lowest BCUT2D eigenvalue weighted by atomic mass is 10.0. The van der Waals surface area contributed by atoms with Gasteiger partial charge in [0.1, 0.15) is 0 Å².